The molecule has 0 amide bonds. The van der Waals surface area contributed by atoms with Crippen molar-refractivity contribution in [3.63, 3.8) is 0 Å². The lowest BCUT2D eigenvalue weighted by atomic mass is 10.1. The monoisotopic (exact) mass is 212 g/mol. The molecule has 0 atom stereocenters. The summed E-state index contributed by atoms with van der Waals surface area (Å²) in [6, 6.07) is 2.53. The Kier molecular flexibility index (Phi) is 3.22. The highest BCUT2D eigenvalue weighted by atomic mass is 19.1. The number of methoxy groups -OCH3 is 1. The van der Waals surface area contributed by atoms with E-state index in [1.165, 1.54) is 12.1 Å². The van der Waals surface area contributed by atoms with Crippen molar-refractivity contribution < 1.29 is 19.1 Å². The highest BCUT2D eigenvalue weighted by Crippen LogP contribution is 2.18. The highest BCUT2D eigenvalue weighted by molar-refractivity contribution is 5.95. The van der Waals surface area contributed by atoms with Gasteiger partial charge in [-0.2, -0.15) is 0 Å². The van der Waals surface area contributed by atoms with E-state index >= 15 is 0 Å². The molecule has 80 valence electrons. The molecule has 0 heterocycles. The minimum absolute atomic E-state index is 0.0675. The number of hydrogen-bond donors (Lipinski definition) is 2. The smallest absolute Gasteiger partial charge is 0.340 e. The molecular weight excluding hydrogens is 203 g/mol. The molecule has 0 spiro atoms. The molecule has 0 saturated carbocycles. The third-order valence-electron chi connectivity index (χ3n) is 1.81. The molecule has 6 heteroatoms. The summed E-state index contributed by atoms with van der Waals surface area (Å²) in [5.41, 5.74) is 5.08. The van der Waals surface area contributed by atoms with Crippen LogP contribution in [0.2, 0.25) is 0 Å². The van der Waals surface area contributed by atoms with Crippen molar-refractivity contribution in [2.24, 2.45) is 5.16 Å². The number of esters is 1. The lowest BCUT2D eigenvalue weighted by molar-refractivity contribution is 0.0595. The third kappa shape index (κ3) is 2.04. The van der Waals surface area contributed by atoms with Gasteiger partial charge >= 0.3 is 5.97 Å². The fourth-order valence-corrected chi connectivity index (χ4v) is 1.06. The average molecular weight is 212 g/mol. The summed E-state index contributed by atoms with van der Waals surface area (Å²) in [7, 11) is 1.14. The van der Waals surface area contributed by atoms with Gasteiger partial charge in [-0.25, -0.2) is 9.18 Å². The van der Waals surface area contributed by atoms with E-state index in [9.17, 15) is 9.18 Å². The van der Waals surface area contributed by atoms with E-state index in [0.29, 0.717) is 0 Å². The molecule has 0 fully saturated rings. The maximum absolute atomic E-state index is 13.6. The normalized spacial score (nSPS) is 10.5. The van der Waals surface area contributed by atoms with Gasteiger partial charge in [0.15, 0.2) is 0 Å². The van der Waals surface area contributed by atoms with Gasteiger partial charge in [-0.3, -0.25) is 0 Å². The van der Waals surface area contributed by atoms with Crippen LogP contribution < -0.4 is 5.73 Å². The minimum Gasteiger partial charge on any atom is -0.465 e. The first-order valence-electron chi connectivity index (χ1n) is 3.95. The molecular formula is C9H9FN2O3. The Morgan fingerprint density at radius 1 is 1.67 bits per heavy atom. The van der Waals surface area contributed by atoms with Crippen molar-refractivity contribution in [3.8, 4) is 0 Å². The second-order valence-electron chi connectivity index (χ2n) is 2.67. The van der Waals surface area contributed by atoms with Crippen LogP contribution in [0.4, 0.5) is 10.1 Å². The van der Waals surface area contributed by atoms with Crippen LogP contribution in [-0.4, -0.2) is 24.5 Å². The Labute approximate surface area is 85.0 Å². The van der Waals surface area contributed by atoms with Crippen molar-refractivity contribution >= 4 is 17.9 Å². The number of carbonyl (C=O) groups is 1. The lowest BCUT2D eigenvalue weighted by Crippen LogP contribution is -2.08. The molecule has 0 aliphatic carbocycles. The second-order valence-corrected chi connectivity index (χ2v) is 2.67. The van der Waals surface area contributed by atoms with Crippen LogP contribution in [0, 0.1) is 5.82 Å². The average Bonchev–Trinajstić information content (AvgIpc) is 2.23. The Hall–Kier alpha value is -2.11. The van der Waals surface area contributed by atoms with Gasteiger partial charge in [-0.1, -0.05) is 5.16 Å². The zero-order chi connectivity index (χ0) is 11.4. The summed E-state index contributed by atoms with van der Waals surface area (Å²) in [5.74, 6) is -1.69. The van der Waals surface area contributed by atoms with Gasteiger partial charge in [0.1, 0.15) is 5.82 Å². The molecule has 1 rings (SSSR count). The summed E-state index contributed by atoms with van der Waals surface area (Å²) in [6.07, 6.45) is 0.817. The molecule has 3 N–H and O–H groups in total. The molecule has 0 aliphatic rings. The number of nitrogens with two attached hydrogens (primary N) is 1. The van der Waals surface area contributed by atoms with Crippen LogP contribution in [0.1, 0.15) is 15.9 Å². The van der Waals surface area contributed by atoms with Crippen LogP contribution in [0.25, 0.3) is 0 Å². The number of ether oxygens (including phenoxy) is 1. The molecule has 0 aromatic heterocycles. The summed E-state index contributed by atoms with van der Waals surface area (Å²) in [5, 5.41) is 10.9. The summed E-state index contributed by atoms with van der Waals surface area (Å²) >= 11 is 0. The largest absolute Gasteiger partial charge is 0.465 e. The Morgan fingerprint density at radius 2 is 2.33 bits per heavy atom. The quantitative estimate of drug-likeness (QED) is 0.252. The molecule has 15 heavy (non-hydrogen) atoms. The summed E-state index contributed by atoms with van der Waals surface area (Å²) in [4.78, 5) is 11.1. The lowest BCUT2D eigenvalue weighted by Gasteiger charge is -2.05. The fourth-order valence-electron chi connectivity index (χ4n) is 1.06. The molecule has 0 aliphatic heterocycles. The van der Waals surface area contributed by atoms with Crippen LogP contribution >= 0.6 is 0 Å². The maximum atomic E-state index is 13.6. The first-order chi connectivity index (χ1) is 7.11. The van der Waals surface area contributed by atoms with E-state index in [0.717, 1.165) is 13.3 Å². The second kappa shape index (κ2) is 4.41. The van der Waals surface area contributed by atoms with E-state index in [1.807, 2.05) is 0 Å². The van der Waals surface area contributed by atoms with Gasteiger partial charge in [0.25, 0.3) is 0 Å². The summed E-state index contributed by atoms with van der Waals surface area (Å²) in [6.45, 7) is 0. The van der Waals surface area contributed by atoms with Gasteiger partial charge in [0, 0.05) is 5.69 Å². The van der Waals surface area contributed by atoms with Gasteiger partial charge < -0.3 is 15.7 Å². The van der Waals surface area contributed by atoms with Crippen LogP contribution in [-0.2, 0) is 4.74 Å². The number of halogens is 1. The van der Waals surface area contributed by atoms with Crippen molar-refractivity contribution in [3.05, 3.63) is 29.1 Å². The van der Waals surface area contributed by atoms with E-state index in [-0.39, 0.29) is 16.8 Å². The number of nitrogens with zero attached hydrogens (tertiary/aromatic N) is 1. The van der Waals surface area contributed by atoms with Crippen molar-refractivity contribution in [2.45, 2.75) is 0 Å². The minimum atomic E-state index is -0.875. The Balaban J connectivity index is 3.34. The number of anilines is 1. The van der Waals surface area contributed by atoms with E-state index < -0.39 is 11.8 Å². The Bertz CT molecular complexity index is 418. The number of nitrogen functional groups attached to an aromatic ring is 1. The molecule has 5 nitrogen and oxygen atoms in total. The van der Waals surface area contributed by atoms with Gasteiger partial charge in [0.2, 0.25) is 0 Å². The van der Waals surface area contributed by atoms with Crippen LogP contribution in [0.5, 0.6) is 0 Å². The summed E-state index contributed by atoms with van der Waals surface area (Å²) < 4.78 is 17.9. The molecule has 0 bridgehead atoms. The Morgan fingerprint density at radius 3 is 2.87 bits per heavy atom. The number of rotatable bonds is 2. The van der Waals surface area contributed by atoms with E-state index in [1.54, 1.807) is 0 Å². The predicted octanol–water partition coefficient (Wildman–Crippen LogP) is 1.00. The van der Waals surface area contributed by atoms with Crippen LogP contribution in [0.15, 0.2) is 17.3 Å². The predicted molar refractivity (Wildman–Crippen MR) is 51.5 cm³/mol. The van der Waals surface area contributed by atoms with Gasteiger partial charge in [-0.05, 0) is 12.1 Å². The first kappa shape index (κ1) is 11.0. The molecule has 0 radical (unpaired) electrons. The van der Waals surface area contributed by atoms with E-state index in [2.05, 4.69) is 9.89 Å². The SMILES string of the molecule is COC(=O)c1ccc(N)c(C=NO)c1F. The zero-order valence-corrected chi connectivity index (χ0v) is 7.90. The highest BCUT2D eigenvalue weighted by Gasteiger charge is 2.16. The van der Waals surface area contributed by atoms with Gasteiger partial charge in [0.05, 0.1) is 24.5 Å². The maximum Gasteiger partial charge on any atom is 0.340 e. The van der Waals surface area contributed by atoms with E-state index in [4.69, 9.17) is 10.9 Å². The molecule has 0 saturated heterocycles. The number of hydrogen-bond acceptors (Lipinski definition) is 5. The first-order valence-corrected chi connectivity index (χ1v) is 3.95. The van der Waals surface area contributed by atoms with Crippen molar-refractivity contribution in [1.82, 2.24) is 0 Å². The number of oxime groups is 1. The molecule has 1 aromatic carbocycles. The zero-order valence-electron chi connectivity index (χ0n) is 7.90. The standard InChI is InChI=1S/C9H9FN2O3/c1-15-9(13)5-2-3-7(11)6(4-12-14)8(5)10/h2-4,14H,11H2,1H3. The van der Waals surface area contributed by atoms with Crippen LogP contribution in [0.3, 0.4) is 0 Å². The molecule has 1 aromatic rings. The van der Waals surface area contributed by atoms with Crippen molar-refractivity contribution in [1.29, 1.82) is 0 Å². The van der Waals surface area contributed by atoms with Crippen molar-refractivity contribution in [2.75, 3.05) is 12.8 Å². The molecule has 0 unspecified atom stereocenters. The third-order valence-corrected chi connectivity index (χ3v) is 1.81. The number of benzene rings is 1. The number of carbonyl (C=O) groups excluding carboxylic acids is 1. The topological polar surface area (TPSA) is 84.9 Å². The van der Waals surface area contributed by atoms with Gasteiger partial charge in [-0.15, -0.1) is 0 Å². The fraction of sp³-hybridized carbons (Fsp3) is 0.111.